The largest absolute Gasteiger partial charge is 0.383 e. The van der Waals surface area contributed by atoms with Crippen LogP contribution in [0.5, 0.6) is 0 Å². The molecule has 1 rings (SSSR count). The molecule has 1 unspecified atom stereocenters. The van der Waals surface area contributed by atoms with Gasteiger partial charge in [0.25, 0.3) is 0 Å². The van der Waals surface area contributed by atoms with Crippen molar-refractivity contribution in [3.63, 3.8) is 0 Å². The third-order valence-electron chi connectivity index (χ3n) is 1.96. The van der Waals surface area contributed by atoms with Crippen LogP contribution in [-0.4, -0.2) is 24.7 Å². The summed E-state index contributed by atoms with van der Waals surface area (Å²) in [6, 6.07) is 3.88. The van der Waals surface area contributed by atoms with Crippen LogP contribution in [0.3, 0.4) is 0 Å². The average Bonchev–Trinajstić information content (AvgIpc) is 2.20. The second kappa shape index (κ2) is 5.83. The van der Waals surface area contributed by atoms with Crippen molar-refractivity contribution in [2.24, 2.45) is 0 Å². The van der Waals surface area contributed by atoms with E-state index in [1.54, 1.807) is 13.3 Å². The van der Waals surface area contributed by atoms with E-state index in [4.69, 9.17) is 16.3 Å². The quantitative estimate of drug-likeness (QED) is 0.818. The minimum atomic E-state index is 0.257. The monoisotopic (exact) mass is 214 g/mol. The van der Waals surface area contributed by atoms with Crippen molar-refractivity contribution in [3.05, 3.63) is 23.4 Å². The lowest BCUT2D eigenvalue weighted by molar-refractivity contribution is 0.184. The molecule has 1 aromatic rings. The SMILES string of the molecule is CCC(COC)Nc1ncccc1Cl. The average molecular weight is 215 g/mol. The summed E-state index contributed by atoms with van der Waals surface area (Å²) in [4.78, 5) is 4.15. The van der Waals surface area contributed by atoms with E-state index < -0.39 is 0 Å². The molecule has 0 saturated carbocycles. The summed E-state index contributed by atoms with van der Waals surface area (Å²) in [6.07, 6.45) is 2.69. The molecule has 0 amide bonds. The van der Waals surface area contributed by atoms with Gasteiger partial charge in [-0.25, -0.2) is 4.98 Å². The third-order valence-corrected chi connectivity index (χ3v) is 2.26. The number of ether oxygens (including phenoxy) is 1. The summed E-state index contributed by atoms with van der Waals surface area (Å²) in [5.41, 5.74) is 0. The van der Waals surface area contributed by atoms with Crippen molar-refractivity contribution in [1.82, 2.24) is 4.98 Å². The van der Waals surface area contributed by atoms with E-state index in [0.717, 1.165) is 12.2 Å². The Morgan fingerprint density at radius 3 is 3.00 bits per heavy atom. The van der Waals surface area contributed by atoms with Crippen LogP contribution in [0.2, 0.25) is 5.02 Å². The van der Waals surface area contributed by atoms with E-state index in [1.807, 2.05) is 12.1 Å². The number of hydrogen-bond acceptors (Lipinski definition) is 3. The first kappa shape index (κ1) is 11.3. The summed E-state index contributed by atoms with van der Waals surface area (Å²) < 4.78 is 5.07. The van der Waals surface area contributed by atoms with Crippen LogP contribution >= 0.6 is 11.6 Å². The first-order valence-corrected chi connectivity index (χ1v) is 5.01. The normalized spacial score (nSPS) is 12.5. The Balaban J connectivity index is 2.62. The number of pyridine rings is 1. The highest BCUT2D eigenvalue weighted by Crippen LogP contribution is 2.18. The molecule has 14 heavy (non-hydrogen) atoms. The maximum absolute atomic E-state index is 5.96. The van der Waals surface area contributed by atoms with Crippen molar-refractivity contribution < 1.29 is 4.74 Å². The van der Waals surface area contributed by atoms with Gasteiger partial charge in [0.05, 0.1) is 17.7 Å². The van der Waals surface area contributed by atoms with Crippen LogP contribution in [0.4, 0.5) is 5.82 Å². The predicted molar refractivity (Wildman–Crippen MR) is 58.8 cm³/mol. The fraction of sp³-hybridized carbons (Fsp3) is 0.500. The number of anilines is 1. The van der Waals surface area contributed by atoms with Crippen LogP contribution in [0, 0.1) is 0 Å². The van der Waals surface area contributed by atoms with Gasteiger partial charge in [0.2, 0.25) is 0 Å². The lowest BCUT2D eigenvalue weighted by Crippen LogP contribution is -2.24. The minimum Gasteiger partial charge on any atom is -0.383 e. The molecule has 3 nitrogen and oxygen atoms in total. The minimum absolute atomic E-state index is 0.257. The third kappa shape index (κ3) is 3.16. The van der Waals surface area contributed by atoms with E-state index in [9.17, 15) is 0 Å². The molecular formula is C10H15ClN2O. The van der Waals surface area contributed by atoms with Gasteiger partial charge in [0.1, 0.15) is 5.82 Å². The summed E-state index contributed by atoms with van der Waals surface area (Å²) in [5, 5.41) is 3.87. The summed E-state index contributed by atoms with van der Waals surface area (Å²) in [7, 11) is 1.68. The Kier molecular flexibility index (Phi) is 4.70. The van der Waals surface area contributed by atoms with E-state index in [0.29, 0.717) is 11.6 Å². The van der Waals surface area contributed by atoms with E-state index >= 15 is 0 Å². The first-order valence-electron chi connectivity index (χ1n) is 4.64. The van der Waals surface area contributed by atoms with E-state index in [-0.39, 0.29) is 6.04 Å². The maximum atomic E-state index is 5.96. The Morgan fingerprint density at radius 1 is 1.64 bits per heavy atom. The van der Waals surface area contributed by atoms with Crippen molar-refractivity contribution in [3.8, 4) is 0 Å². The molecule has 1 aromatic heterocycles. The maximum Gasteiger partial charge on any atom is 0.145 e. The van der Waals surface area contributed by atoms with Gasteiger partial charge in [0, 0.05) is 13.3 Å². The zero-order valence-corrected chi connectivity index (χ0v) is 9.21. The zero-order valence-electron chi connectivity index (χ0n) is 8.46. The summed E-state index contributed by atoms with van der Waals surface area (Å²) >= 11 is 5.96. The van der Waals surface area contributed by atoms with Gasteiger partial charge >= 0.3 is 0 Å². The molecule has 0 fully saturated rings. The van der Waals surface area contributed by atoms with Gasteiger partial charge in [-0.1, -0.05) is 18.5 Å². The molecule has 0 radical (unpaired) electrons. The molecule has 0 aliphatic rings. The molecule has 78 valence electrons. The lowest BCUT2D eigenvalue weighted by atomic mass is 10.2. The Bertz CT molecular complexity index is 281. The second-order valence-corrected chi connectivity index (χ2v) is 3.45. The van der Waals surface area contributed by atoms with Gasteiger partial charge in [0.15, 0.2) is 0 Å². The second-order valence-electron chi connectivity index (χ2n) is 3.04. The molecular weight excluding hydrogens is 200 g/mol. The first-order chi connectivity index (χ1) is 6.77. The highest BCUT2D eigenvalue weighted by Gasteiger charge is 2.07. The van der Waals surface area contributed by atoms with Gasteiger partial charge < -0.3 is 10.1 Å². The van der Waals surface area contributed by atoms with Gasteiger partial charge in [-0.05, 0) is 18.6 Å². The molecule has 0 bridgehead atoms. The fourth-order valence-corrected chi connectivity index (χ4v) is 1.32. The Hall–Kier alpha value is -0.800. The summed E-state index contributed by atoms with van der Waals surface area (Å²) in [6.45, 7) is 2.75. The topological polar surface area (TPSA) is 34.1 Å². The number of aromatic nitrogens is 1. The molecule has 0 aliphatic carbocycles. The van der Waals surface area contributed by atoms with Crippen LogP contribution in [0.25, 0.3) is 0 Å². The number of hydrogen-bond donors (Lipinski definition) is 1. The highest BCUT2D eigenvalue weighted by atomic mass is 35.5. The van der Waals surface area contributed by atoms with Crippen LogP contribution in [0.1, 0.15) is 13.3 Å². The van der Waals surface area contributed by atoms with Gasteiger partial charge in [-0.15, -0.1) is 0 Å². The smallest absolute Gasteiger partial charge is 0.145 e. The van der Waals surface area contributed by atoms with Crippen molar-refractivity contribution >= 4 is 17.4 Å². The molecule has 0 saturated heterocycles. The number of nitrogens with one attached hydrogen (secondary N) is 1. The summed E-state index contributed by atoms with van der Waals surface area (Å²) in [5.74, 6) is 0.720. The number of rotatable bonds is 5. The Morgan fingerprint density at radius 2 is 2.43 bits per heavy atom. The molecule has 0 spiro atoms. The standard InChI is InChI=1S/C10H15ClN2O/c1-3-8(7-14-2)13-10-9(11)5-4-6-12-10/h4-6,8H,3,7H2,1-2H3,(H,12,13). The molecule has 0 aromatic carbocycles. The van der Waals surface area contributed by atoms with Gasteiger partial charge in [-0.3, -0.25) is 0 Å². The number of nitrogens with zero attached hydrogens (tertiary/aromatic N) is 1. The highest BCUT2D eigenvalue weighted by molar-refractivity contribution is 6.32. The molecule has 1 heterocycles. The van der Waals surface area contributed by atoms with Crippen LogP contribution in [-0.2, 0) is 4.74 Å². The van der Waals surface area contributed by atoms with Crippen molar-refractivity contribution in [1.29, 1.82) is 0 Å². The Labute approximate surface area is 89.4 Å². The van der Waals surface area contributed by atoms with Crippen LogP contribution < -0.4 is 5.32 Å². The molecule has 4 heteroatoms. The molecule has 0 aliphatic heterocycles. The van der Waals surface area contributed by atoms with Crippen molar-refractivity contribution in [2.45, 2.75) is 19.4 Å². The van der Waals surface area contributed by atoms with Crippen LogP contribution in [0.15, 0.2) is 18.3 Å². The van der Waals surface area contributed by atoms with Gasteiger partial charge in [-0.2, -0.15) is 0 Å². The molecule has 1 atom stereocenters. The predicted octanol–water partition coefficient (Wildman–Crippen LogP) is 2.57. The lowest BCUT2D eigenvalue weighted by Gasteiger charge is -2.16. The number of halogens is 1. The molecule has 1 N–H and O–H groups in total. The van der Waals surface area contributed by atoms with E-state index in [2.05, 4.69) is 17.2 Å². The zero-order chi connectivity index (χ0) is 10.4. The number of methoxy groups -OCH3 is 1. The fourth-order valence-electron chi connectivity index (χ4n) is 1.15. The van der Waals surface area contributed by atoms with E-state index in [1.165, 1.54) is 0 Å². The van der Waals surface area contributed by atoms with Crippen molar-refractivity contribution in [2.75, 3.05) is 19.0 Å².